The number of hydrogen-bond acceptors (Lipinski definition) is 4. The van der Waals surface area contributed by atoms with Gasteiger partial charge < -0.3 is 10.2 Å². The number of sulfonamides is 1. The highest BCUT2D eigenvalue weighted by atomic mass is 32.2. The third-order valence-electron chi connectivity index (χ3n) is 5.99. The summed E-state index contributed by atoms with van der Waals surface area (Å²) in [5, 5.41) is 3.18. The van der Waals surface area contributed by atoms with Gasteiger partial charge in [0.1, 0.15) is 0 Å². The lowest BCUT2D eigenvalue weighted by molar-refractivity contribution is -0.127. The van der Waals surface area contributed by atoms with Gasteiger partial charge in [0.2, 0.25) is 15.9 Å². The van der Waals surface area contributed by atoms with Crippen molar-refractivity contribution in [1.29, 1.82) is 0 Å². The molecular weight excluding hydrogens is 374 g/mol. The van der Waals surface area contributed by atoms with Crippen LogP contribution in [0.4, 0.5) is 0 Å². The van der Waals surface area contributed by atoms with Crippen molar-refractivity contribution in [2.75, 3.05) is 39.0 Å². The van der Waals surface area contributed by atoms with Gasteiger partial charge in [0.15, 0.2) is 0 Å². The second-order valence-electron chi connectivity index (χ2n) is 8.16. The first kappa shape index (κ1) is 21.3. The van der Waals surface area contributed by atoms with E-state index in [4.69, 9.17) is 0 Å². The van der Waals surface area contributed by atoms with Gasteiger partial charge in [-0.1, -0.05) is 30.3 Å². The maximum atomic E-state index is 12.6. The topological polar surface area (TPSA) is 69.7 Å². The van der Waals surface area contributed by atoms with Gasteiger partial charge in [-0.2, -0.15) is 0 Å². The largest absolute Gasteiger partial charge is 0.353 e. The normalized spacial score (nSPS) is 20.9. The third-order valence-corrected chi connectivity index (χ3v) is 7.95. The molecule has 156 valence electrons. The third kappa shape index (κ3) is 6.03. The number of carbonyl (C=O) groups excluding carboxylic acids is 1. The van der Waals surface area contributed by atoms with Crippen LogP contribution >= 0.6 is 0 Å². The lowest BCUT2D eigenvalue weighted by Gasteiger charge is -2.33. The molecular formula is C21H33N3O3S. The summed E-state index contributed by atoms with van der Waals surface area (Å²) in [7, 11) is -1.13. The summed E-state index contributed by atoms with van der Waals surface area (Å²) in [5.74, 6) is 0.222. The second kappa shape index (κ2) is 9.85. The number of carbonyl (C=O) groups is 1. The minimum absolute atomic E-state index is 0.0598. The fourth-order valence-electron chi connectivity index (χ4n) is 4.10. The van der Waals surface area contributed by atoms with Crippen LogP contribution in [0.25, 0.3) is 0 Å². The number of rotatable bonds is 7. The first-order valence-electron chi connectivity index (χ1n) is 10.4. The van der Waals surface area contributed by atoms with Gasteiger partial charge in [-0.3, -0.25) is 4.79 Å². The van der Waals surface area contributed by atoms with Crippen molar-refractivity contribution in [3.8, 4) is 0 Å². The molecule has 2 heterocycles. The van der Waals surface area contributed by atoms with Gasteiger partial charge in [-0.05, 0) is 64.2 Å². The molecule has 1 N–H and O–H groups in total. The number of hydrogen-bond donors (Lipinski definition) is 1. The zero-order chi connectivity index (χ0) is 20.0. The van der Waals surface area contributed by atoms with E-state index in [2.05, 4.69) is 17.3 Å². The van der Waals surface area contributed by atoms with Crippen LogP contribution in [0.5, 0.6) is 0 Å². The summed E-state index contributed by atoms with van der Waals surface area (Å²) in [5.41, 5.74) is 1.17. The van der Waals surface area contributed by atoms with E-state index < -0.39 is 10.0 Å². The quantitative estimate of drug-likeness (QED) is 0.749. The minimum atomic E-state index is -3.24. The molecule has 0 radical (unpaired) electrons. The molecule has 0 atom stereocenters. The molecule has 0 aromatic heterocycles. The lowest BCUT2D eigenvalue weighted by atomic mass is 9.96. The van der Waals surface area contributed by atoms with Crippen molar-refractivity contribution in [3.63, 3.8) is 0 Å². The van der Waals surface area contributed by atoms with E-state index >= 15 is 0 Å². The van der Waals surface area contributed by atoms with Crippen LogP contribution in [-0.2, 0) is 21.2 Å². The maximum Gasteiger partial charge on any atom is 0.223 e. The van der Waals surface area contributed by atoms with Gasteiger partial charge in [0.25, 0.3) is 0 Å². The summed E-state index contributed by atoms with van der Waals surface area (Å²) in [4.78, 5) is 14.8. The average molecular weight is 408 g/mol. The molecule has 0 aliphatic carbocycles. The molecule has 1 aromatic rings. The molecule has 2 aliphatic heterocycles. The van der Waals surface area contributed by atoms with Crippen LogP contribution in [0, 0.1) is 5.92 Å². The molecule has 1 amide bonds. The minimum Gasteiger partial charge on any atom is -0.353 e. The van der Waals surface area contributed by atoms with Crippen molar-refractivity contribution in [2.45, 2.75) is 44.6 Å². The standard InChI is InChI=1S/C21H33N3O3S/c1-23-13-11-20(12-14-23)22-21(25)19-9-15-24(16-10-19)28(26,27)17-5-8-18-6-3-2-4-7-18/h2-4,6-7,19-20H,5,8-17H2,1H3,(H,22,25). The molecule has 2 aliphatic rings. The summed E-state index contributed by atoms with van der Waals surface area (Å²) < 4.78 is 26.8. The Labute approximate surface area is 169 Å². The van der Waals surface area contributed by atoms with E-state index in [1.54, 1.807) is 4.31 Å². The molecule has 0 spiro atoms. The Morgan fingerprint density at radius 1 is 1.04 bits per heavy atom. The monoisotopic (exact) mass is 407 g/mol. The highest BCUT2D eigenvalue weighted by molar-refractivity contribution is 7.89. The zero-order valence-electron chi connectivity index (χ0n) is 16.8. The molecule has 6 nitrogen and oxygen atoms in total. The molecule has 0 bridgehead atoms. The summed E-state index contributed by atoms with van der Waals surface area (Å²) in [6.45, 7) is 2.95. The predicted molar refractivity (Wildman–Crippen MR) is 112 cm³/mol. The van der Waals surface area contributed by atoms with E-state index in [0.717, 1.165) is 32.4 Å². The molecule has 28 heavy (non-hydrogen) atoms. The Bertz CT molecular complexity index is 723. The second-order valence-corrected chi connectivity index (χ2v) is 10.3. The number of nitrogens with zero attached hydrogens (tertiary/aromatic N) is 2. The van der Waals surface area contributed by atoms with Crippen molar-refractivity contribution in [2.24, 2.45) is 5.92 Å². The van der Waals surface area contributed by atoms with E-state index in [-0.39, 0.29) is 23.6 Å². The van der Waals surface area contributed by atoms with E-state index in [1.807, 2.05) is 30.3 Å². The molecule has 2 saturated heterocycles. The lowest BCUT2D eigenvalue weighted by Crippen LogP contribution is -2.48. The summed E-state index contributed by atoms with van der Waals surface area (Å²) >= 11 is 0. The van der Waals surface area contributed by atoms with Crippen LogP contribution in [0.3, 0.4) is 0 Å². The number of nitrogens with one attached hydrogen (secondary N) is 1. The molecule has 0 unspecified atom stereocenters. The summed E-state index contributed by atoms with van der Waals surface area (Å²) in [6.07, 6.45) is 4.64. The Hall–Kier alpha value is -1.44. The Morgan fingerprint density at radius 2 is 1.68 bits per heavy atom. The SMILES string of the molecule is CN1CCC(NC(=O)C2CCN(S(=O)(=O)CCCc3ccccc3)CC2)CC1. The van der Waals surface area contributed by atoms with E-state index in [1.165, 1.54) is 5.56 Å². The van der Waals surface area contributed by atoms with Gasteiger partial charge in [-0.25, -0.2) is 12.7 Å². The molecule has 0 saturated carbocycles. The molecule has 2 fully saturated rings. The Kier molecular flexibility index (Phi) is 7.48. The molecule has 3 rings (SSSR count). The van der Waals surface area contributed by atoms with Crippen molar-refractivity contribution >= 4 is 15.9 Å². The molecule has 1 aromatic carbocycles. The zero-order valence-corrected chi connectivity index (χ0v) is 17.7. The van der Waals surface area contributed by atoms with Crippen LogP contribution in [-0.4, -0.2) is 68.6 Å². The highest BCUT2D eigenvalue weighted by Crippen LogP contribution is 2.21. The van der Waals surface area contributed by atoms with Crippen molar-refractivity contribution in [3.05, 3.63) is 35.9 Å². The fraction of sp³-hybridized carbons (Fsp3) is 0.667. The maximum absolute atomic E-state index is 12.6. The smallest absolute Gasteiger partial charge is 0.223 e. The van der Waals surface area contributed by atoms with Crippen molar-refractivity contribution < 1.29 is 13.2 Å². The fourth-order valence-corrected chi connectivity index (χ4v) is 5.64. The average Bonchev–Trinajstić information content (AvgIpc) is 2.70. The number of aryl methyl sites for hydroxylation is 1. The van der Waals surface area contributed by atoms with Crippen LogP contribution in [0.1, 0.15) is 37.7 Å². The van der Waals surface area contributed by atoms with Crippen LogP contribution < -0.4 is 5.32 Å². The summed E-state index contributed by atoms with van der Waals surface area (Å²) in [6, 6.07) is 10.2. The highest BCUT2D eigenvalue weighted by Gasteiger charge is 2.31. The Balaban J connectivity index is 1.40. The van der Waals surface area contributed by atoms with Gasteiger partial charge in [0, 0.05) is 25.0 Å². The van der Waals surface area contributed by atoms with E-state index in [0.29, 0.717) is 32.4 Å². The number of amides is 1. The van der Waals surface area contributed by atoms with Crippen molar-refractivity contribution in [1.82, 2.24) is 14.5 Å². The van der Waals surface area contributed by atoms with Crippen LogP contribution in [0.2, 0.25) is 0 Å². The first-order chi connectivity index (χ1) is 13.4. The van der Waals surface area contributed by atoms with Crippen LogP contribution in [0.15, 0.2) is 30.3 Å². The van der Waals surface area contributed by atoms with E-state index in [9.17, 15) is 13.2 Å². The molecule has 7 heteroatoms. The Morgan fingerprint density at radius 3 is 2.32 bits per heavy atom. The number of piperidine rings is 2. The van der Waals surface area contributed by atoms with Gasteiger partial charge >= 0.3 is 0 Å². The van der Waals surface area contributed by atoms with Gasteiger partial charge in [0.05, 0.1) is 5.75 Å². The van der Waals surface area contributed by atoms with Gasteiger partial charge in [-0.15, -0.1) is 0 Å². The predicted octanol–water partition coefficient (Wildman–Crippen LogP) is 1.87. The number of likely N-dealkylation sites (tertiary alicyclic amines) is 1. The number of benzene rings is 1. The first-order valence-corrected chi connectivity index (χ1v) is 12.1.